The first kappa shape index (κ1) is 20.7. The Kier molecular flexibility index (Phi) is 6.38. The van der Waals surface area contributed by atoms with Gasteiger partial charge in [0.05, 0.1) is 37.4 Å². The third kappa shape index (κ3) is 4.34. The van der Waals surface area contributed by atoms with Gasteiger partial charge in [0.25, 0.3) is 5.56 Å². The van der Waals surface area contributed by atoms with Crippen LogP contribution < -0.4 is 10.9 Å². The maximum atomic E-state index is 12.8. The number of carbonyl (C=O) groups excluding carboxylic acids is 2. The molecule has 1 amide bonds. The molecule has 1 aliphatic rings. The largest absolute Gasteiger partial charge is 0.465 e. The Hall–Kier alpha value is -3.07. The van der Waals surface area contributed by atoms with Crippen LogP contribution in [0.25, 0.3) is 5.69 Å². The average molecular weight is 421 g/mol. The van der Waals surface area contributed by atoms with Crippen molar-refractivity contribution in [3.63, 3.8) is 0 Å². The maximum absolute atomic E-state index is 12.8. The Morgan fingerprint density at radius 1 is 1.17 bits per heavy atom. The Morgan fingerprint density at radius 3 is 2.52 bits per heavy atom. The van der Waals surface area contributed by atoms with E-state index in [1.165, 1.54) is 20.4 Å². The quantitative estimate of drug-likeness (QED) is 0.757. The van der Waals surface area contributed by atoms with Crippen molar-refractivity contribution in [2.45, 2.75) is 18.9 Å². The van der Waals surface area contributed by atoms with Crippen LogP contribution in [0.1, 0.15) is 23.2 Å². The van der Waals surface area contributed by atoms with Crippen LogP contribution in [0.15, 0.2) is 35.3 Å². The van der Waals surface area contributed by atoms with Gasteiger partial charge in [-0.2, -0.15) is 9.78 Å². The number of benzene rings is 1. The van der Waals surface area contributed by atoms with Crippen LogP contribution in [0.4, 0.5) is 10.5 Å². The third-order valence-electron chi connectivity index (χ3n) is 4.74. The summed E-state index contributed by atoms with van der Waals surface area (Å²) < 4.78 is 10.6. The second kappa shape index (κ2) is 8.95. The molecule has 9 nitrogen and oxygen atoms in total. The molecule has 3 rings (SSSR count). The van der Waals surface area contributed by atoms with Crippen LogP contribution in [0.3, 0.4) is 0 Å². The molecule has 0 atom stereocenters. The third-order valence-corrected chi connectivity index (χ3v) is 5.11. The molecule has 1 aromatic heterocycles. The number of rotatable bonds is 4. The molecular formula is C19H21ClN4O5. The molecule has 1 aliphatic heterocycles. The van der Waals surface area contributed by atoms with Crippen molar-refractivity contribution < 1.29 is 19.1 Å². The van der Waals surface area contributed by atoms with Gasteiger partial charge in [0, 0.05) is 19.1 Å². The minimum Gasteiger partial charge on any atom is -0.465 e. The number of piperidine rings is 1. The van der Waals surface area contributed by atoms with Crippen molar-refractivity contribution in [3.05, 3.63) is 51.4 Å². The molecule has 29 heavy (non-hydrogen) atoms. The number of para-hydroxylation sites is 1. The standard InChI is InChI=1S/C19H21ClN4O5/c1-28-18(26)13-5-3-4-6-15(13)24-17(25)16(20)14(11-21-24)22-12-7-9-23(10-8-12)19(27)29-2/h3-6,11-12,22H,7-10H2,1-2H3. The number of carbonyl (C=O) groups is 2. The predicted molar refractivity (Wildman–Crippen MR) is 107 cm³/mol. The lowest BCUT2D eigenvalue weighted by molar-refractivity contribution is 0.0600. The zero-order chi connectivity index (χ0) is 21.0. The fourth-order valence-corrected chi connectivity index (χ4v) is 3.38. The number of ether oxygens (including phenoxy) is 2. The van der Waals surface area contributed by atoms with Crippen molar-refractivity contribution in [3.8, 4) is 5.69 Å². The van der Waals surface area contributed by atoms with Gasteiger partial charge < -0.3 is 19.7 Å². The van der Waals surface area contributed by atoms with Gasteiger partial charge in [-0.15, -0.1) is 0 Å². The van der Waals surface area contributed by atoms with Gasteiger partial charge in [-0.3, -0.25) is 4.79 Å². The minimum absolute atomic E-state index is 0.0323. The van der Waals surface area contributed by atoms with Gasteiger partial charge in [0.2, 0.25) is 0 Å². The molecule has 1 saturated heterocycles. The molecule has 154 valence electrons. The van der Waals surface area contributed by atoms with Crippen LogP contribution in [-0.4, -0.2) is 60.1 Å². The highest BCUT2D eigenvalue weighted by Crippen LogP contribution is 2.22. The summed E-state index contributed by atoms with van der Waals surface area (Å²) in [7, 11) is 2.62. The molecule has 0 saturated carbocycles. The summed E-state index contributed by atoms with van der Waals surface area (Å²) in [4.78, 5) is 38.0. The fraction of sp³-hybridized carbons (Fsp3) is 0.368. The number of nitrogens with zero attached hydrogens (tertiary/aromatic N) is 3. The number of aromatic nitrogens is 2. The van der Waals surface area contributed by atoms with Crippen molar-refractivity contribution in [2.24, 2.45) is 0 Å². The molecule has 0 aliphatic carbocycles. The van der Waals surface area contributed by atoms with Crippen LogP contribution in [-0.2, 0) is 9.47 Å². The molecule has 10 heteroatoms. The van der Waals surface area contributed by atoms with Crippen molar-refractivity contribution in [2.75, 3.05) is 32.6 Å². The number of methoxy groups -OCH3 is 2. The topological polar surface area (TPSA) is 103 Å². The number of amides is 1. The Morgan fingerprint density at radius 2 is 1.86 bits per heavy atom. The molecule has 0 unspecified atom stereocenters. The highest BCUT2D eigenvalue weighted by Gasteiger charge is 2.24. The molecule has 2 aromatic rings. The van der Waals surface area contributed by atoms with Crippen molar-refractivity contribution in [1.29, 1.82) is 0 Å². The summed E-state index contributed by atoms with van der Waals surface area (Å²) in [5.74, 6) is -0.579. The van der Waals surface area contributed by atoms with Gasteiger partial charge in [0.15, 0.2) is 0 Å². The second-order valence-electron chi connectivity index (χ2n) is 6.47. The van der Waals surface area contributed by atoms with Gasteiger partial charge in [-0.1, -0.05) is 23.7 Å². The van der Waals surface area contributed by atoms with Crippen LogP contribution >= 0.6 is 11.6 Å². The monoisotopic (exact) mass is 420 g/mol. The fourth-order valence-electron chi connectivity index (χ4n) is 3.20. The number of esters is 1. The molecule has 1 aromatic carbocycles. The molecule has 2 heterocycles. The average Bonchev–Trinajstić information content (AvgIpc) is 2.76. The van der Waals surface area contributed by atoms with Gasteiger partial charge in [0.1, 0.15) is 5.02 Å². The second-order valence-corrected chi connectivity index (χ2v) is 6.85. The van der Waals surface area contributed by atoms with E-state index in [-0.39, 0.29) is 28.4 Å². The first-order chi connectivity index (χ1) is 14.0. The van der Waals surface area contributed by atoms with E-state index in [2.05, 4.69) is 10.4 Å². The molecule has 0 spiro atoms. The van der Waals surface area contributed by atoms with Crippen LogP contribution in [0.5, 0.6) is 0 Å². The van der Waals surface area contributed by atoms with Gasteiger partial charge >= 0.3 is 12.1 Å². The van der Waals surface area contributed by atoms with Gasteiger partial charge in [-0.25, -0.2) is 9.59 Å². The van der Waals surface area contributed by atoms with E-state index in [0.29, 0.717) is 31.6 Å². The number of hydrogen-bond donors (Lipinski definition) is 1. The van der Waals surface area contributed by atoms with Gasteiger partial charge in [-0.05, 0) is 25.0 Å². The normalized spacial score (nSPS) is 14.4. The molecule has 1 fully saturated rings. The summed E-state index contributed by atoms with van der Waals surface area (Å²) in [6, 6.07) is 6.52. The number of likely N-dealkylation sites (tertiary alicyclic amines) is 1. The first-order valence-corrected chi connectivity index (χ1v) is 9.39. The molecular weight excluding hydrogens is 400 g/mol. The lowest BCUT2D eigenvalue weighted by Crippen LogP contribution is -2.42. The maximum Gasteiger partial charge on any atom is 0.409 e. The summed E-state index contributed by atoms with van der Waals surface area (Å²) in [5.41, 5.74) is 0.334. The predicted octanol–water partition coefficient (Wildman–Crippen LogP) is 2.32. The molecule has 1 N–H and O–H groups in total. The summed E-state index contributed by atoms with van der Waals surface area (Å²) >= 11 is 6.30. The first-order valence-electron chi connectivity index (χ1n) is 9.01. The summed E-state index contributed by atoms with van der Waals surface area (Å²) in [6.45, 7) is 1.08. The zero-order valence-corrected chi connectivity index (χ0v) is 16.8. The summed E-state index contributed by atoms with van der Waals surface area (Å²) in [5, 5.41) is 7.36. The summed E-state index contributed by atoms with van der Waals surface area (Å²) in [6.07, 6.45) is 2.46. The minimum atomic E-state index is -0.579. The van der Waals surface area contributed by atoms with E-state index in [9.17, 15) is 14.4 Å². The lowest BCUT2D eigenvalue weighted by Gasteiger charge is -2.31. The van der Waals surface area contributed by atoms with Crippen LogP contribution in [0.2, 0.25) is 5.02 Å². The lowest BCUT2D eigenvalue weighted by atomic mass is 10.1. The number of hydrogen-bond acceptors (Lipinski definition) is 7. The Labute approximate surface area is 172 Å². The Balaban J connectivity index is 1.81. The van der Waals surface area contributed by atoms with Crippen molar-refractivity contribution >= 4 is 29.4 Å². The van der Waals surface area contributed by atoms with E-state index >= 15 is 0 Å². The smallest absolute Gasteiger partial charge is 0.409 e. The van der Waals surface area contributed by atoms with Crippen LogP contribution in [0, 0.1) is 0 Å². The zero-order valence-electron chi connectivity index (χ0n) is 16.1. The van der Waals surface area contributed by atoms with E-state index in [4.69, 9.17) is 21.1 Å². The molecule has 0 radical (unpaired) electrons. The SMILES string of the molecule is COC(=O)c1ccccc1-n1ncc(NC2CCN(C(=O)OC)CC2)c(Cl)c1=O. The van der Waals surface area contributed by atoms with E-state index in [0.717, 1.165) is 4.68 Å². The van der Waals surface area contributed by atoms with E-state index in [1.54, 1.807) is 29.2 Å². The van der Waals surface area contributed by atoms with E-state index < -0.39 is 11.5 Å². The van der Waals surface area contributed by atoms with E-state index in [1.807, 2.05) is 0 Å². The number of halogens is 1. The highest BCUT2D eigenvalue weighted by atomic mass is 35.5. The van der Waals surface area contributed by atoms with Crippen molar-refractivity contribution in [1.82, 2.24) is 14.7 Å². The number of nitrogens with one attached hydrogen (secondary N) is 1. The number of anilines is 1. The highest BCUT2D eigenvalue weighted by molar-refractivity contribution is 6.33. The molecule has 0 bridgehead atoms. The Bertz CT molecular complexity index is 969.